The van der Waals surface area contributed by atoms with Gasteiger partial charge >= 0.3 is 0 Å². The summed E-state index contributed by atoms with van der Waals surface area (Å²) in [4.78, 5) is 0. The molecular weight excluding hydrogens is 300 g/mol. The Morgan fingerprint density at radius 3 is 2.38 bits per heavy atom. The summed E-state index contributed by atoms with van der Waals surface area (Å²) in [6.07, 6.45) is 7.24. The molecule has 0 aromatic heterocycles. The predicted octanol–water partition coefficient (Wildman–Crippen LogP) is 4.60. The van der Waals surface area contributed by atoms with Crippen molar-refractivity contribution in [1.82, 2.24) is 0 Å². The molecule has 132 valence electrons. The van der Waals surface area contributed by atoms with E-state index in [1.165, 1.54) is 5.57 Å². The summed E-state index contributed by atoms with van der Waals surface area (Å²) < 4.78 is 0. The Hall–Kier alpha value is -1.84. The van der Waals surface area contributed by atoms with E-state index >= 15 is 0 Å². The van der Waals surface area contributed by atoms with Gasteiger partial charge in [-0.25, -0.2) is 0 Å². The molecular formula is C21H30O3. The zero-order valence-electron chi connectivity index (χ0n) is 14.8. The van der Waals surface area contributed by atoms with Gasteiger partial charge in [0.15, 0.2) is 0 Å². The molecule has 1 aromatic carbocycles. The molecule has 3 nitrogen and oxygen atoms in total. The Morgan fingerprint density at radius 1 is 1.17 bits per heavy atom. The van der Waals surface area contributed by atoms with Crippen LogP contribution in [-0.4, -0.2) is 28.0 Å². The number of aromatic hydroxyl groups is 1. The fourth-order valence-electron chi connectivity index (χ4n) is 2.70. The molecule has 0 fully saturated rings. The van der Waals surface area contributed by atoms with Crippen LogP contribution in [0.25, 0.3) is 6.08 Å². The number of hydrogen-bond donors (Lipinski definition) is 3. The van der Waals surface area contributed by atoms with Gasteiger partial charge in [-0.15, -0.1) is 0 Å². The minimum absolute atomic E-state index is 0.0842. The smallest absolute Gasteiger partial charge is 0.115 e. The second kappa shape index (κ2) is 10.8. The first-order chi connectivity index (χ1) is 11.5. The highest BCUT2D eigenvalue weighted by molar-refractivity contribution is 5.53. The van der Waals surface area contributed by atoms with Crippen LogP contribution in [-0.2, 0) is 0 Å². The van der Waals surface area contributed by atoms with Crippen LogP contribution in [0.4, 0.5) is 0 Å². The van der Waals surface area contributed by atoms with E-state index in [9.17, 15) is 15.3 Å². The molecule has 1 atom stereocenters. The fraction of sp³-hybridized carbons (Fsp3) is 0.429. The number of benzene rings is 1. The van der Waals surface area contributed by atoms with E-state index in [2.05, 4.69) is 26.5 Å². The molecule has 0 aliphatic heterocycles. The highest BCUT2D eigenvalue weighted by Gasteiger charge is 2.14. The first-order valence-corrected chi connectivity index (χ1v) is 8.67. The Labute approximate surface area is 145 Å². The van der Waals surface area contributed by atoms with Crippen molar-refractivity contribution in [2.24, 2.45) is 0 Å². The third-order valence-corrected chi connectivity index (χ3v) is 4.09. The van der Waals surface area contributed by atoms with E-state index in [-0.39, 0.29) is 12.4 Å². The summed E-state index contributed by atoms with van der Waals surface area (Å²) in [5, 5.41) is 29.0. The van der Waals surface area contributed by atoms with Crippen molar-refractivity contribution >= 4 is 6.08 Å². The van der Waals surface area contributed by atoms with Gasteiger partial charge in [0.1, 0.15) is 5.75 Å². The fourth-order valence-corrected chi connectivity index (χ4v) is 2.70. The molecule has 0 aliphatic rings. The first kappa shape index (κ1) is 20.2. The Kier molecular flexibility index (Phi) is 9.13. The van der Waals surface area contributed by atoms with Crippen LogP contribution in [0.2, 0.25) is 0 Å². The Morgan fingerprint density at radius 2 is 1.83 bits per heavy atom. The lowest BCUT2D eigenvalue weighted by atomic mass is 9.93. The van der Waals surface area contributed by atoms with Gasteiger partial charge in [-0.1, -0.05) is 56.7 Å². The van der Waals surface area contributed by atoms with Gasteiger partial charge in [-0.05, 0) is 54.5 Å². The number of aliphatic hydroxyl groups excluding tert-OH is 2. The largest absolute Gasteiger partial charge is 0.508 e. The summed E-state index contributed by atoms with van der Waals surface area (Å²) >= 11 is 0. The third-order valence-electron chi connectivity index (χ3n) is 4.09. The molecule has 3 heteroatoms. The molecule has 0 amide bonds. The maximum atomic E-state index is 10.5. The zero-order valence-corrected chi connectivity index (χ0v) is 14.8. The maximum Gasteiger partial charge on any atom is 0.115 e. The van der Waals surface area contributed by atoms with Crippen molar-refractivity contribution in [3.05, 3.63) is 59.2 Å². The number of phenolic OH excluding ortho intramolecular Hbond substituents is 1. The first-order valence-electron chi connectivity index (χ1n) is 8.67. The quantitative estimate of drug-likeness (QED) is 0.549. The molecule has 0 heterocycles. The minimum atomic E-state index is -0.606. The van der Waals surface area contributed by atoms with Crippen molar-refractivity contribution in [2.75, 3.05) is 6.61 Å². The van der Waals surface area contributed by atoms with Crippen molar-refractivity contribution in [1.29, 1.82) is 0 Å². The minimum Gasteiger partial charge on any atom is -0.508 e. The lowest BCUT2D eigenvalue weighted by molar-refractivity contribution is 0.200. The van der Waals surface area contributed by atoms with E-state index < -0.39 is 6.10 Å². The van der Waals surface area contributed by atoms with Gasteiger partial charge < -0.3 is 15.3 Å². The average Bonchev–Trinajstić information content (AvgIpc) is 2.58. The SMILES string of the molecule is C=C(CCC)/C(=C/CO)C(O)CC/C(=C/c1ccc(O)cc1)CC. The monoisotopic (exact) mass is 330 g/mol. The highest BCUT2D eigenvalue weighted by atomic mass is 16.3. The summed E-state index contributed by atoms with van der Waals surface area (Å²) in [6, 6.07) is 7.10. The summed E-state index contributed by atoms with van der Waals surface area (Å²) in [6.45, 7) is 8.12. The van der Waals surface area contributed by atoms with Gasteiger partial charge in [-0.3, -0.25) is 0 Å². The highest BCUT2D eigenvalue weighted by Crippen LogP contribution is 2.24. The summed E-state index contributed by atoms with van der Waals surface area (Å²) in [5.74, 6) is 0.258. The molecule has 1 aromatic rings. The Bertz CT molecular complexity index is 567. The number of aliphatic hydroxyl groups is 2. The molecule has 24 heavy (non-hydrogen) atoms. The maximum absolute atomic E-state index is 10.5. The van der Waals surface area contributed by atoms with Crippen LogP contribution in [0.5, 0.6) is 5.75 Å². The molecule has 1 rings (SSSR count). The topological polar surface area (TPSA) is 60.7 Å². The number of rotatable bonds is 10. The van der Waals surface area contributed by atoms with E-state index in [1.807, 2.05) is 12.1 Å². The second-order valence-corrected chi connectivity index (χ2v) is 6.00. The van der Waals surface area contributed by atoms with Crippen LogP contribution in [0, 0.1) is 0 Å². The molecule has 0 radical (unpaired) electrons. The third kappa shape index (κ3) is 6.73. The van der Waals surface area contributed by atoms with Gasteiger partial charge in [0.25, 0.3) is 0 Å². The molecule has 0 saturated heterocycles. The molecule has 3 N–H and O–H groups in total. The molecule has 0 bridgehead atoms. The van der Waals surface area contributed by atoms with Crippen LogP contribution < -0.4 is 0 Å². The van der Waals surface area contributed by atoms with Crippen LogP contribution in [0.3, 0.4) is 0 Å². The van der Waals surface area contributed by atoms with Crippen molar-refractivity contribution in [3.63, 3.8) is 0 Å². The number of phenols is 1. The Balaban J connectivity index is 2.74. The van der Waals surface area contributed by atoms with E-state index in [0.717, 1.165) is 42.4 Å². The van der Waals surface area contributed by atoms with Crippen LogP contribution in [0.15, 0.2) is 53.6 Å². The van der Waals surface area contributed by atoms with Crippen LogP contribution >= 0.6 is 0 Å². The predicted molar refractivity (Wildman–Crippen MR) is 101 cm³/mol. The van der Waals surface area contributed by atoms with Crippen LogP contribution in [0.1, 0.15) is 51.5 Å². The molecule has 0 spiro atoms. The van der Waals surface area contributed by atoms with E-state index in [4.69, 9.17) is 0 Å². The lowest BCUT2D eigenvalue weighted by Gasteiger charge is -2.18. The zero-order chi connectivity index (χ0) is 17.9. The number of hydrogen-bond acceptors (Lipinski definition) is 3. The summed E-state index contributed by atoms with van der Waals surface area (Å²) in [7, 11) is 0. The molecule has 0 saturated carbocycles. The molecule has 1 unspecified atom stereocenters. The second-order valence-electron chi connectivity index (χ2n) is 6.00. The van der Waals surface area contributed by atoms with Crippen molar-refractivity contribution in [2.45, 2.75) is 52.1 Å². The lowest BCUT2D eigenvalue weighted by Crippen LogP contribution is -2.13. The average molecular weight is 330 g/mol. The van der Waals surface area contributed by atoms with Gasteiger partial charge in [0, 0.05) is 0 Å². The van der Waals surface area contributed by atoms with Gasteiger partial charge in [0.2, 0.25) is 0 Å². The van der Waals surface area contributed by atoms with Crippen molar-refractivity contribution in [3.8, 4) is 5.75 Å². The number of allylic oxidation sites excluding steroid dienone is 1. The summed E-state index contributed by atoms with van der Waals surface area (Å²) in [5.41, 5.74) is 3.95. The van der Waals surface area contributed by atoms with E-state index in [1.54, 1.807) is 18.2 Å². The molecule has 0 aliphatic carbocycles. The normalized spacial score (nSPS) is 13.8. The van der Waals surface area contributed by atoms with E-state index in [0.29, 0.717) is 6.42 Å². The van der Waals surface area contributed by atoms with Gasteiger partial charge in [0.05, 0.1) is 12.7 Å². The standard InChI is InChI=1S/C21H30O3/c1-4-6-16(3)20(13-14-22)21(24)12-9-17(5-2)15-18-7-10-19(23)11-8-18/h7-8,10-11,13,15,21-24H,3-6,9,12,14H2,1-2H3/b17-15+,20-13-. The van der Waals surface area contributed by atoms with Crippen molar-refractivity contribution < 1.29 is 15.3 Å². The van der Waals surface area contributed by atoms with Gasteiger partial charge in [-0.2, -0.15) is 0 Å².